The summed E-state index contributed by atoms with van der Waals surface area (Å²) in [4.78, 5) is 18.8. The van der Waals surface area contributed by atoms with Gasteiger partial charge in [0.05, 0.1) is 30.0 Å². The van der Waals surface area contributed by atoms with Crippen molar-refractivity contribution in [2.75, 3.05) is 6.61 Å². The molecule has 15 heavy (non-hydrogen) atoms. The number of ether oxygens (including phenoxy) is 1. The number of H-pyrrole nitrogens is 1. The molecular formula is C10H15N3O2. The summed E-state index contributed by atoms with van der Waals surface area (Å²) in [5.74, 6) is 0.535. The molecule has 5 nitrogen and oxygen atoms in total. The summed E-state index contributed by atoms with van der Waals surface area (Å²) >= 11 is 0. The number of nitrogens with one attached hydrogen (secondary N) is 1. The molecule has 0 spiro atoms. The number of aromatic amines is 1. The molecule has 0 saturated carbocycles. The van der Waals surface area contributed by atoms with Crippen molar-refractivity contribution in [2.45, 2.75) is 32.4 Å². The van der Waals surface area contributed by atoms with Gasteiger partial charge in [0.25, 0.3) is 5.56 Å². The maximum atomic E-state index is 11.7. The molecule has 2 rings (SSSR count). The maximum absolute atomic E-state index is 11.7. The van der Waals surface area contributed by atoms with E-state index in [1.54, 1.807) is 0 Å². The van der Waals surface area contributed by atoms with Crippen molar-refractivity contribution < 1.29 is 4.74 Å². The fraction of sp³-hybridized carbons (Fsp3) is 0.600. The highest BCUT2D eigenvalue weighted by atomic mass is 16.5. The number of nitrogens with zero attached hydrogens (tertiary/aromatic N) is 1. The zero-order valence-electron chi connectivity index (χ0n) is 8.96. The normalized spacial score (nSPS) is 16.2. The fourth-order valence-electron chi connectivity index (χ4n) is 1.55. The molecule has 0 radical (unpaired) electrons. The lowest BCUT2D eigenvalue weighted by molar-refractivity contribution is 0.107. The van der Waals surface area contributed by atoms with Crippen molar-refractivity contribution in [1.29, 1.82) is 0 Å². The van der Waals surface area contributed by atoms with E-state index in [9.17, 15) is 4.79 Å². The topological polar surface area (TPSA) is 81.0 Å². The standard InChI is InChI=1S/C10H15N3O2/c1-10(2,11)9-12-7-3-4-15-5-6(7)8(14)13-9/h3-5,11H2,1-2H3,(H,12,13,14). The van der Waals surface area contributed by atoms with Crippen LogP contribution in [0, 0.1) is 0 Å². The van der Waals surface area contributed by atoms with E-state index in [-0.39, 0.29) is 5.56 Å². The summed E-state index contributed by atoms with van der Waals surface area (Å²) in [6.07, 6.45) is 0.683. The van der Waals surface area contributed by atoms with E-state index >= 15 is 0 Å². The van der Waals surface area contributed by atoms with Gasteiger partial charge in [0.1, 0.15) is 5.82 Å². The Morgan fingerprint density at radius 1 is 1.53 bits per heavy atom. The average molecular weight is 209 g/mol. The van der Waals surface area contributed by atoms with Crippen molar-refractivity contribution in [1.82, 2.24) is 9.97 Å². The van der Waals surface area contributed by atoms with E-state index in [4.69, 9.17) is 10.5 Å². The minimum Gasteiger partial charge on any atom is -0.376 e. The van der Waals surface area contributed by atoms with Crippen molar-refractivity contribution in [2.24, 2.45) is 5.73 Å². The molecular weight excluding hydrogens is 194 g/mol. The van der Waals surface area contributed by atoms with E-state index in [2.05, 4.69) is 9.97 Å². The Kier molecular flexibility index (Phi) is 2.36. The van der Waals surface area contributed by atoms with Gasteiger partial charge in [-0.3, -0.25) is 4.79 Å². The minimum atomic E-state index is -0.619. The predicted molar refractivity (Wildman–Crippen MR) is 55.4 cm³/mol. The molecule has 0 atom stereocenters. The van der Waals surface area contributed by atoms with Gasteiger partial charge in [0.15, 0.2) is 0 Å². The Morgan fingerprint density at radius 3 is 2.93 bits per heavy atom. The number of hydrogen-bond donors (Lipinski definition) is 2. The average Bonchev–Trinajstić information content (AvgIpc) is 2.16. The van der Waals surface area contributed by atoms with E-state index in [1.165, 1.54) is 0 Å². The Morgan fingerprint density at radius 2 is 2.27 bits per heavy atom. The van der Waals surface area contributed by atoms with Crippen LogP contribution in [0.3, 0.4) is 0 Å². The number of rotatable bonds is 1. The maximum Gasteiger partial charge on any atom is 0.256 e. The van der Waals surface area contributed by atoms with Crippen molar-refractivity contribution >= 4 is 0 Å². The van der Waals surface area contributed by atoms with Crippen LogP contribution in [-0.2, 0) is 23.3 Å². The molecule has 0 fully saturated rings. The van der Waals surface area contributed by atoms with E-state index < -0.39 is 5.54 Å². The Hall–Kier alpha value is -1.20. The highest BCUT2D eigenvalue weighted by Gasteiger charge is 2.22. The summed E-state index contributed by atoms with van der Waals surface area (Å²) < 4.78 is 5.21. The van der Waals surface area contributed by atoms with Gasteiger partial charge >= 0.3 is 0 Å². The van der Waals surface area contributed by atoms with Crippen LogP contribution >= 0.6 is 0 Å². The third-order valence-electron chi connectivity index (χ3n) is 2.44. The quantitative estimate of drug-likeness (QED) is 0.684. The number of hydrogen-bond acceptors (Lipinski definition) is 4. The van der Waals surface area contributed by atoms with Crippen LogP contribution in [0.25, 0.3) is 0 Å². The molecule has 1 aliphatic rings. The summed E-state index contributed by atoms with van der Waals surface area (Å²) in [5.41, 5.74) is 6.60. The Labute approximate surface area is 87.7 Å². The first-order valence-electron chi connectivity index (χ1n) is 4.97. The van der Waals surface area contributed by atoms with Crippen LogP contribution in [0.5, 0.6) is 0 Å². The molecule has 5 heteroatoms. The second-order valence-corrected chi connectivity index (χ2v) is 4.36. The highest BCUT2D eigenvalue weighted by Crippen LogP contribution is 2.15. The summed E-state index contributed by atoms with van der Waals surface area (Å²) in [5, 5.41) is 0. The van der Waals surface area contributed by atoms with Crippen LogP contribution in [0.1, 0.15) is 30.9 Å². The van der Waals surface area contributed by atoms with Gasteiger partial charge in [0, 0.05) is 6.42 Å². The van der Waals surface area contributed by atoms with E-state index in [0.717, 1.165) is 5.69 Å². The van der Waals surface area contributed by atoms with Crippen LogP contribution < -0.4 is 11.3 Å². The van der Waals surface area contributed by atoms with Gasteiger partial charge < -0.3 is 15.5 Å². The Balaban J connectivity index is 2.55. The second-order valence-electron chi connectivity index (χ2n) is 4.36. The molecule has 1 aromatic rings. The first-order chi connectivity index (χ1) is 6.98. The fourth-order valence-corrected chi connectivity index (χ4v) is 1.55. The molecule has 1 aromatic heterocycles. The lowest BCUT2D eigenvalue weighted by atomic mass is 10.0. The summed E-state index contributed by atoms with van der Waals surface area (Å²) in [6.45, 7) is 4.60. The highest BCUT2D eigenvalue weighted by molar-refractivity contribution is 5.20. The van der Waals surface area contributed by atoms with Crippen LogP contribution in [0.15, 0.2) is 4.79 Å². The molecule has 1 aliphatic heterocycles. The first-order valence-corrected chi connectivity index (χ1v) is 4.97. The lowest BCUT2D eigenvalue weighted by Gasteiger charge is -2.21. The molecule has 0 unspecified atom stereocenters. The van der Waals surface area contributed by atoms with Gasteiger partial charge in [-0.15, -0.1) is 0 Å². The van der Waals surface area contributed by atoms with Gasteiger partial charge in [-0.05, 0) is 13.8 Å². The van der Waals surface area contributed by atoms with Gasteiger partial charge in [-0.25, -0.2) is 4.98 Å². The van der Waals surface area contributed by atoms with E-state index in [0.29, 0.717) is 31.0 Å². The second kappa shape index (κ2) is 3.43. The SMILES string of the molecule is CC(C)(N)c1nc2c(c(=O)[nH]1)COCC2. The number of nitrogens with two attached hydrogens (primary N) is 1. The molecule has 3 N–H and O–H groups in total. The van der Waals surface area contributed by atoms with Crippen LogP contribution in [0.2, 0.25) is 0 Å². The molecule has 0 aliphatic carbocycles. The third kappa shape index (κ3) is 1.93. The van der Waals surface area contributed by atoms with E-state index in [1.807, 2.05) is 13.8 Å². The van der Waals surface area contributed by atoms with Crippen LogP contribution in [0.4, 0.5) is 0 Å². The van der Waals surface area contributed by atoms with Crippen molar-refractivity contribution in [3.8, 4) is 0 Å². The number of fused-ring (bicyclic) bond motifs is 1. The van der Waals surface area contributed by atoms with Gasteiger partial charge in [-0.1, -0.05) is 0 Å². The van der Waals surface area contributed by atoms with Crippen molar-refractivity contribution in [3.05, 3.63) is 27.4 Å². The zero-order valence-corrected chi connectivity index (χ0v) is 8.96. The van der Waals surface area contributed by atoms with Crippen molar-refractivity contribution in [3.63, 3.8) is 0 Å². The predicted octanol–water partition coefficient (Wildman–Crippen LogP) is 0.0364. The molecule has 0 saturated heterocycles. The summed E-state index contributed by atoms with van der Waals surface area (Å²) in [6, 6.07) is 0. The lowest BCUT2D eigenvalue weighted by Crippen LogP contribution is -2.36. The Bertz CT molecular complexity index is 431. The third-order valence-corrected chi connectivity index (χ3v) is 2.44. The first kappa shape index (κ1) is 10.3. The number of aromatic nitrogens is 2. The van der Waals surface area contributed by atoms with Gasteiger partial charge in [-0.2, -0.15) is 0 Å². The molecule has 0 aromatic carbocycles. The van der Waals surface area contributed by atoms with Crippen LogP contribution in [-0.4, -0.2) is 16.6 Å². The minimum absolute atomic E-state index is 0.131. The molecule has 0 amide bonds. The smallest absolute Gasteiger partial charge is 0.256 e. The monoisotopic (exact) mass is 209 g/mol. The largest absolute Gasteiger partial charge is 0.376 e. The molecule has 82 valence electrons. The molecule has 0 bridgehead atoms. The zero-order chi connectivity index (χ0) is 11.1. The van der Waals surface area contributed by atoms with Gasteiger partial charge in [0.2, 0.25) is 0 Å². The molecule has 2 heterocycles. The summed E-state index contributed by atoms with van der Waals surface area (Å²) in [7, 11) is 0.